The van der Waals surface area contributed by atoms with Gasteiger partial charge >= 0.3 is 0 Å². The molecule has 0 bridgehead atoms. The summed E-state index contributed by atoms with van der Waals surface area (Å²) in [5, 5.41) is 6.54. The van der Waals surface area contributed by atoms with Gasteiger partial charge in [0.2, 0.25) is 5.91 Å². The minimum Gasteiger partial charge on any atom is -0.325 e. The molecule has 3 rings (SSSR count). The molecular formula is C16H23N3O. The van der Waals surface area contributed by atoms with Crippen molar-refractivity contribution in [1.29, 1.82) is 0 Å². The number of rotatable bonds is 3. The summed E-state index contributed by atoms with van der Waals surface area (Å²) in [4.78, 5) is 14.4. The quantitative estimate of drug-likeness (QED) is 0.879. The molecule has 2 fully saturated rings. The van der Waals surface area contributed by atoms with Crippen LogP contribution in [0.4, 0.5) is 5.69 Å². The summed E-state index contributed by atoms with van der Waals surface area (Å²) >= 11 is 0. The lowest BCUT2D eigenvalue weighted by Gasteiger charge is -2.24. The molecule has 0 aromatic heterocycles. The van der Waals surface area contributed by atoms with Gasteiger partial charge in [0.25, 0.3) is 0 Å². The maximum Gasteiger partial charge on any atom is 0.238 e. The second kappa shape index (κ2) is 5.94. The zero-order valence-corrected chi connectivity index (χ0v) is 12.1. The van der Waals surface area contributed by atoms with E-state index in [4.69, 9.17) is 0 Å². The van der Waals surface area contributed by atoms with E-state index in [1.807, 2.05) is 31.2 Å². The van der Waals surface area contributed by atoms with Crippen LogP contribution >= 0.6 is 0 Å². The minimum absolute atomic E-state index is 0.0903. The first-order valence-corrected chi connectivity index (χ1v) is 7.53. The predicted octanol–water partition coefficient (Wildman–Crippen LogP) is 1.62. The van der Waals surface area contributed by atoms with Gasteiger partial charge in [0, 0.05) is 24.8 Å². The molecule has 1 aromatic rings. The summed E-state index contributed by atoms with van der Waals surface area (Å²) in [7, 11) is 0. The van der Waals surface area contributed by atoms with Gasteiger partial charge in [0.1, 0.15) is 0 Å². The maximum absolute atomic E-state index is 12.1. The molecule has 108 valence electrons. The molecule has 4 nitrogen and oxygen atoms in total. The van der Waals surface area contributed by atoms with Gasteiger partial charge in [-0.2, -0.15) is 0 Å². The number of anilines is 1. The minimum atomic E-state index is 0.0903. The third-order valence-electron chi connectivity index (χ3n) is 4.38. The van der Waals surface area contributed by atoms with E-state index in [9.17, 15) is 4.79 Å². The lowest BCUT2D eigenvalue weighted by Crippen LogP contribution is -2.41. The summed E-state index contributed by atoms with van der Waals surface area (Å²) in [6.07, 6.45) is 2.57. The average molecular weight is 273 g/mol. The Balaban J connectivity index is 1.50. The molecule has 2 atom stereocenters. The number of carbonyl (C=O) groups excluding carboxylic acids is 1. The summed E-state index contributed by atoms with van der Waals surface area (Å²) in [6, 6.07) is 8.54. The van der Waals surface area contributed by atoms with Crippen LogP contribution in [0.1, 0.15) is 18.4 Å². The Morgan fingerprint density at radius 1 is 1.35 bits per heavy atom. The Hall–Kier alpha value is -1.39. The molecular weight excluding hydrogens is 250 g/mol. The van der Waals surface area contributed by atoms with Crippen LogP contribution < -0.4 is 10.6 Å². The van der Waals surface area contributed by atoms with Crippen LogP contribution in [0.2, 0.25) is 0 Å². The van der Waals surface area contributed by atoms with Crippen LogP contribution in [0.5, 0.6) is 0 Å². The highest BCUT2D eigenvalue weighted by molar-refractivity contribution is 5.92. The topological polar surface area (TPSA) is 44.4 Å². The summed E-state index contributed by atoms with van der Waals surface area (Å²) < 4.78 is 0. The molecule has 0 saturated carbocycles. The fourth-order valence-corrected chi connectivity index (χ4v) is 3.31. The average Bonchev–Trinajstić information content (AvgIpc) is 2.83. The second-order valence-corrected chi connectivity index (χ2v) is 6.07. The van der Waals surface area contributed by atoms with E-state index in [0.29, 0.717) is 12.6 Å². The van der Waals surface area contributed by atoms with Crippen LogP contribution in [-0.4, -0.2) is 43.0 Å². The number of likely N-dealkylation sites (tertiary alicyclic amines) is 1. The molecule has 0 unspecified atom stereocenters. The molecule has 2 aliphatic rings. The van der Waals surface area contributed by atoms with Crippen molar-refractivity contribution in [2.75, 3.05) is 31.5 Å². The second-order valence-electron chi connectivity index (χ2n) is 6.07. The monoisotopic (exact) mass is 273 g/mol. The van der Waals surface area contributed by atoms with Crippen molar-refractivity contribution in [3.63, 3.8) is 0 Å². The Morgan fingerprint density at radius 2 is 2.15 bits per heavy atom. The molecule has 2 N–H and O–H groups in total. The third kappa shape index (κ3) is 3.19. The first-order chi connectivity index (χ1) is 9.70. The Kier molecular flexibility index (Phi) is 4.03. The van der Waals surface area contributed by atoms with Gasteiger partial charge in [-0.05, 0) is 44.4 Å². The normalized spacial score (nSPS) is 26.2. The number of nitrogens with one attached hydrogen (secondary N) is 2. The van der Waals surface area contributed by atoms with Gasteiger partial charge in [-0.25, -0.2) is 0 Å². The van der Waals surface area contributed by atoms with Crippen LogP contribution in [0, 0.1) is 12.8 Å². The summed E-state index contributed by atoms with van der Waals surface area (Å²) in [5.41, 5.74) is 2.09. The standard InChI is InChI=1S/C16H23N3O/c1-12-4-6-14(7-5-12)18-16(20)11-19-9-13-3-2-8-17-15(13)10-19/h4-7,13,15,17H,2-3,8-11H2,1H3,(H,18,20)/t13-,15+/m0/s1. The molecule has 1 amide bonds. The predicted molar refractivity (Wildman–Crippen MR) is 80.8 cm³/mol. The zero-order chi connectivity index (χ0) is 13.9. The maximum atomic E-state index is 12.1. The van der Waals surface area contributed by atoms with Crippen LogP contribution in [0.3, 0.4) is 0 Å². The van der Waals surface area contributed by atoms with E-state index in [1.54, 1.807) is 0 Å². The van der Waals surface area contributed by atoms with Crippen molar-refractivity contribution >= 4 is 11.6 Å². The van der Waals surface area contributed by atoms with Crippen molar-refractivity contribution in [1.82, 2.24) is 10.2 Å². The van der Waals surface area contributed by atoms with Gasteiger partial charge < -0.3 is 10.6 Å². The molecule has 2 heterocycles. The number of benzene rings is 1. The van der Waals surface area contributed by atoms with Gasteiger partial charge in [0.05, 0.1) is 6.54 Å². The SMILES string of the molecule is Cc1ccc(NC(=O)CN2C[C@@H]3CCCN[C@@H]3C2)cc1. The number of piperidine rings is 1. The molecule has 2 aliphatic heterocycles. The number of carbonyl (C=O) groups is 1. The highest BCUT2D eigenvalue weighted by atomic mass is 16.2. The van der Waals surface area contributed by atoms with E-state index in [1.165, 1.54) is 18.4 Å². The van der Waals surface area contributed by atoms with Crippen LogP contribution in [-0.2, 0) is 4.79 Å². The molecule has 2 saturated heterocycles. The van der Waals surface area contributed by atoms with Crippen molar-refractivity contribution in [2.45, 2.75) is 25.8 Å². The van der Waals surface area contributed by atoms with E-state index < -0.39 is 0 Å². The fourth-order valence-electron chi connectivity index (χ4n) is 3.31. The smallest absolute Gasteiger partial charge is 0.238 e. The lowest BCUT2D eigenvalue weighted by molar-refractivity contribution is -0.117. The highest BCUT2D eigenvalue weighted by Crippen LogP contribution is 2.24. The summed E-state index contributed by atoms with van der Waals surface area (Å²) in [6.45, 7) is 5.74. The number of aryl methyl sites for hydroxylation is 1. The van der Waals surface area contributed by atoms with Crippen LogP contribution in [0.15, 0.2) is 24.3 Å². The third-order valence-corrected chi connectivity index (χ3v) is 4.38. The molecule has 20 heavy (non-hydrogen) atoms. The van der Waals surface area contributed by atoms with Gasteiger partial charge in [0.15, 0.2) is 0 Å². The van der Waals surface area contributed by atoms with Crippen molar-refractivity contribution in [3.8, 4) is 0 Å². The van der Waals surface area contributed by atoms with Crippen molar-refractivity contribution in [2.24, 2.45) is 5.92 Å². The van der Waals surface area contributed by atoms with Gasteiger partial charge in [-0.15, -0.1) is 0 Å². The number of hydrogen-bond acceptors (Lipinski definition) is 3. The van der Waals surface area contributed by atoms with Crippen molar-refractivity contribution < 1.29 is 4.79 Å². The van der Waals surface area contributed by atoms with Gasteiger partial charge in [-0.3, -0.25) is 9.69 Å². The number of amides is 1. The van der Waals surface area contributed by atoms with E-state index >= 15 is 0 Å². The molecule has 0 spiro atoms. The lowest BCUT2D eigenvalue weighted by atomic mass is 9.94. The number of nitrogens with zero attached hydrogens (tertiary/aromatic N) is 1. The fraction of sp³-hybridized carbons (Fsp3) is 0.562. The van der Waals surface area contributed by atoms with Gasteiger partial charge in [-0.1, -0.05) is 17.7 Å². The Morgan fingerprint density at radius 3 is 2.90 bits per heavy atom. The molecule has 0 radical (unpaired) electrons. The van der Waals surface area contributed by atoms with Crippen molar-refractivity contribution in [3.05, 3.63) is 29.8 Å². The largest absolute Gasteiger partial charge is 0.325 e. The van der Waals surface area contributed by atoms with E-state index in [2.05, 4.69) is 15.5 Å². The molecule has 4 heteroatoms. The molecule has 1 aromatic carbocycles. The first-order valence-electron chi connectivity index (χ1n) is 7.53. The van der Waals surface area contributed by atoms with Crippen LogP contribution in [0.25, 0.3) is 0 Å². The summed E-state index contributed by atoms with van der Waals surface area (Å²) in [5.74, 6) is 0.823. The Labute approximate surface area is 120 Å². The number of fused-ring (bicyclic) bond motifs is 1. The highest BCUT2D eigenvalue weighted by Gasteiger charge is 2.34. The van der Waals surface area contributed by atoms with E-state index in [0.717, 1.165) is 31.2 Å². The molecule has 0 aliphatic carbocycles. The first kappa shape index (κ1) is 13.6. The Bertz CT molecular complexity index is 457. The van der Waals surface area contributed by atoms with E-state index in [-0.39, 0.29) is 5.91 Å². The number of hydrogen-bond donors (Lipinski definition) is 2. The zero-order valence-electron chi connectivity index (χ0n) is 12.1.